The van der Waals surface area contributed by atoms with Crippen molar-refractivity contribution in [1.82, 2.24) is 4.98 Å². The van der Waals surface area contributed by atoms with Crippen molar-refractivity contribution in [1.29, 1.82) is 0 Å². The number of aliphatic hydroxyl groups excluding tert-OH is 1. The van der Waals surface area contributed by atoms with E-state index < -0.39 is 0 Å². The Hall–Kier alpha value is -1.87. The van der Waals surface area contributed by atoms with Crippen molar-refractivity contribution in [3.63, 3.8) is 0 Å². The molecule has 1 N–H and O–H groups in total. The maximum Gasteiger partial charge on any atom is 0.119 e. The van der Waals surface area contributed by atoms with Crippen LogP contribution in [-0.2, 0) is 6.61 Å². The molecule has 0 fully saturated rings. The molecule has 1 heterocycles. The zero-order chi connectivity index (χ0) is 13.0. The predicted molar refractivity (Wildman–Crippen MR) is 71.5 cm³/mol. The lowest BCUT2D eigenvalue weighted by Crippen LogP contribution is -1.94. The van der Waals surface area contributed by atoms with Crippen LogP contribution in [0.1, 0.15) is 18.1 Å². The second kappa shape index (κ2) is 5.65. The average Bonchev–Trinajstić information content (AvgIpc) is 2.39. The average molecular weight is 243 g/mol. The summed E-state index contributed by atoms with van der Waals surface area (Å²) in [5.41, 5.74) is 3.92. The summed E-state index contributed by atoms with van der Waals surface area (Å²) in [6.45, 7) is 4.70. The first kappa shape index (κ1) is 12.6. The zero-order valence-electron chi connectivity index (χ0n) is 10.7. The third-order valence-corrected chi connectivity index (χ3v) is 2.79. The second-order valence-corrected chi connectivity index (χ2v) is 4.12. The van der Waals surface area contributed by atoms with E-state index in [2.05, 4.69) is 4.98 Å². The molecule has 2 rings (SSSR count). The summed E-state index contributed by atoms with van der Waals surface area (Å²) < 4.78 is 5.46. The topological polar surface area (TPSA) is 42.4 Å². The van der Waals surface area contributed by atoms with Gasteiger partial charge in [0.1, 0.15) is 5.75 Å². The van der Waals surface area contributed by atoms with Crippen LogP contribution in [0.4, 0.5) is 0 Å². The number of hydrogen-bond donors (Lipinski definition) is 1. The van der Waals surface area contributed by atoms with Crippen LogP contribution in [0.25, 0.3) is 11.3 Å². The lowest BCUT2D eigenvalue weighted by molar-refractivity contribution is 0.282. The van der Waals surface area contributed by atoms with Crippen molar-refractivity contribution in [3.8, 4) is 17.0 Å². The van der Waals surface area contributed by atoms with Crippen LogP contribution in [0, 0.1) is 6.92 Å². The highest BCUT2D eigenvalue weighted by Gasteiger charge is 2.05. The number of aliphatic hydroxyl groups is 1. The molecule has 0 aliphatic carbocycles. The number of benzene rings is 1. The van der Waals surface area contributed by atoms with Crippen LogP contribution in [0.2, 0.25) is 0 Å². The maximum atomic E-state index is 9.14. The summed E-state index contributed by atoms with van der Waals surface area (Å²) >= 11 is 0. The number of aromatic nitrogens is 1. The number of ether oxygens (including phenoxy) is 1. The van der Waals surface area contributed by atoms with Gasteiger partial charge in [0.2, 0.25) is 0 Å². The van der Waals surface area contributed by atoms with Gasteiger partial charge in [-0.05, 0) is 55.3 Å². The van der Waals surface area contributed by atoms with Crippen molar-refractivity contribution in [3.05, 3.63) is 47.7 Å². The SMILES string of the molecule is CCOc1ccc(-c2cc(CO)ccn2)c(C)c1. The first-order valence-electron chi connectivity index (χ1n) is 6.04. The van der Waals surface area contributed by atoms with Crippen molar-refractivity contribution >= 4 is 0 Å². The Morgan fingerprint density at radius 3 is 2.72 bits per heavy atom. The van der Waals surface area contributed by atoms with Crippen LogP contribution in [0.5, 0.6) is 5.75 Å². The lowest BCUT2D eigenvalue weighted by Gasteiger charge is -2.09. The van der Waals surface area contributed by atoms with Gasteiger partial charge in [0.25, 0.3) is 0 Å². The van der Waals surface area contributed by atoms with Gasteiger partial charge in [-0.1, -0.05) is 0 Å². The maximum absolute atomic E-state index is 9.14. The standard InChI is InChI=1S/C15H17NO2/c1-3-18-13-4-5-14(11(2)8-13)15-9-12(10-17)6-7-16-15/h4-9,17H,3,10H2,1-2H3. The van der Waals surface area contributed by atoms with Gasteiger partial charge >= 0.3 is 0 Å². The molecule has 1 aromatic carbocycles. The number of rotatable bonds is 4. The van der Waals surface area contributed by atoms with Gasteiger partial charge in [-0.3, -0.25) is 4.98 Å². The van der Waals surface area contributed by atoms with Gasteiger partial charge < -0.3 is 9.84 Å². The normalized spacial score (nSPS) is 10.4. The molecule has 0 atom stereocenters. The first-order chi connectivity index (χ1) is 8.74. The molecule has 0 aliphatic rings. The highest BCUT2D eigenvalue weighted by Crippen LogP contribution is 2.26. The molecular formula is C15H17NO2. The van der Waals surface area contributed by atoms with E-state index in [1.165, 1.54) is 0 Å². The molecule has 3 heteroatoms. The fourth-order valence-corrected chi connectivity index (χ4v) is 1.90. The molecule has 0 saturated carbocycles. The highest BCUT2D eigenvalue weighted by molar-refractivity contribution is 5.65. The quantitative estimate of drug-likeness (QED) is 0.897. The molecule has 3 nitrogen and oxygen atoms in total. The molecule has 0 unspecified atom stereocenters. The summed E-state index contributed by atoms with van der Waals surface area (Å²) in [7, 11) is 0. The Labute approximate surface area is 107 Å². The third kappa shape index (κ3) is 2.68. The Balaban J connectivity index is 2.38. The Bertz CT molecular complexity index is 538. The Morgan fingerprint density at radius 1 is 1.22 bits per heavy atom. The highest BCUT2D eigenvalue weighted by atomic mass is 16.5. The van der Waals surface area contributed by atoms with Gasteiger partial charge in [-0.25, -0.2) is 0 Å². The van der Waals surface area contributed by atoms with Gasteiger partial charge in [-0.15, -0.1) is 0 Å². The van der Waals surface area contributed by atoms with Gasteiger partial charge in [0.05, 0.1) is 18.9 Å². The largest absolute Gasteiger partial charge is 0.494 e. The molecule has 0 radical (unpaired) electrons. The molecule has 2 aromatic rings. The van der Waals surface area contributed by atoms with E-state index in [0.717, 1.165) is 28.1 Å². The van der Waals surface area contributed by atoms with Crippen molar-refractivity contribution in [2.24, 2.45) is 0 Å². The summed E-state index contributed by atoms with van der Waals surface area (Å²) in [6, 6.07) is 9.67. The van der Waals surface area contributed by atoms with E-state index in [1.807, 2.05) is 44.2 Å². The van der Waals surface area contributed by atoms with Crippen LogP contribution in [-0.4, -0.2) is 16.7 Å². The summed E-state index contributed by atoms with van der Waals surface area (Å²) in [6.07, 6.45) is 1.72. The van der Waals surface area contributed by atoms with E-state index in [0.29, 0.717) is 6.61 Å². The van der Waals surface area contributed by atoms with Crippen molar-refractivity contribution in [2.45, 2.75) is 20.5 Å². The summed E-state index contributed by atoms with van der Waals surface area (Å²) in [4.78, 5) is 4.34. The van der Waals surface area contributed by atoms with Crippen LogP contribution in [0.15, 0.2) is 36.5 Å². The van der Waals surface area contributed by atoms with E-state index in [4.69, 9.17) is 9.84 Å². The van der Waals surface area contributed by atoms with Crippen LogP contribution >= 0.6 is 0 Å². The minimum atomic E-state index is 0.0333. The molecule has 0 aliphatic heterocycles. The molecule has 1 aromatic heterocycles. The molecule has 0 saturated heterocycles. The molecule has 0 bridgehead atoms. The van der Waals surface area contributed by atoms with Crippen LogP contribution < -0.4 is 4.74 Å². The first-order valence-corrected chi connectivity index (χ1v) is 6.04. The van der Waals surface area contributed by atoms with Gasteiger partial charge in [0.15, 0.2) is 0 Å². The Morgan fingerprint density at radius 2 is 2.06 bits per heavy atom. The second-order valence-electron chi connectivity index (χ2n) is 4.12. The number of pyridine rings is 1. The van der Waals surface area contributed by atoms with E-state index >= 15 is 0 Å². The summed E-state index contributed by atoms with van der Waals surface area (Å²) in [5, 5.41) is 9.14. The van der Waals surface area contributed by atoms with Crippen molar-refractivity contribution < 1.29 is 9.84 Å². The fraction of sp³-hybridized carbons (Fsp3) is 0.267. The minimum Gasteiger partial charge on any atom is -0.494 e. The molecule has 0 amide bonds. The van der Waals surface area contributed by atoms with Crippen LogP contribution in [0.3, 0.4) is 0 Å². The molecule has 18 heavy (non-hydrogen) atoms. The zero-order valence-corrected chi connectivity index (χ0v) is 10.7. The predicted octanol–water partition coefficient (Wildman–Crippen LogP) is 2.95. The van der Waals surface area contributed by atoms with Gasteiger partial charge in [0, 0.05) is 11.8 Å². The third-order valence-electron chi connectivity index (χ3n) is 2.79. The number of aryl methyl sites for hydroxylation is 1. The number of hydrogen-bond acceptors (Lipinski definition) is 3. The minimum absolute atomic E-state index is 0.0333. The fourth-order valence-electron chi connectivity index (χ4n) is 1.90. The molecular weight excluding hydrogens is 226 g/mol. The van der Waals surface area contributed by atoms with E-state index in [9.17, 15) is 0 Å². The Kier molecular flexibility index (Phi) is 3.95. The lowest BCUT2D eigenvalue weighted by atomic mass is 10.0. The smallest absolute Gasteiger partial charge is 0.119 e. The number of nitrogens with zero attached hydrogens (tertiary/aromatic N) is 1. The molecule has 94 valence electrons. The van der Waals surface area contributed by atoms with Crippen molar-refractivity contribution in [2.75, 3.05) is 6.61 Å². The molecule has 0 spiro atoms. The van der Waals surface area contributed by atoms with E-state index in [-0.39, 0.29) is 6.61 Å². The summed E-state index contributed by atoms with van der Waals surface area (Å²) in [5.74, 6) is 0.872. The monoisotopic (exact) mass is 243 g/mol. The van der Waals surface area contributed by atoms with Gasteiger partial charge in [-0.2, -0.15) is 0 Å². The van der Waals surface area contributed by atoms with E-state index in [1.54, 1.807) is 6.20 Å².